The Hall–Kier alpha value is -2.26. The van der Waals surface area contributed by atoms with Gasteiger partial charge in [0.2, 0.25) is 5.88 Å². The van der Waals surface area contributed by atoms with E-state index < -0.39 is 37.2 Å². The van der Waals surface area contributed by atoms with Crippen molar-refractivity contribution in [2.75, 3.05) is 18.9 Å². The van der Waals surface area contributed by atoms with Gasteiger partial charge in [-0.1, -0.05) is 5.16 Å². The second-order valence-corrected chi connectivity index (χ2v) is 5.80. The molecule has 1 saturated carbocycles. The number of aryl methyl sites for hydroxylation is 1. The van der Waals surface area contributed by atoms with E-state index in [1.807, 2.05) is 0 Å². The quantitative estimate of drug-likeness (QED) is 0.788. The molecule has 7 nitrogen and oxygen atoms in total. The molecule has 0 spiro atoms. The lowest BCUT2D eigenvalue weighted by molar-refractivity contribution is -0.167. The van der Waals surface area contributed by atoms with Gasteiger partial charge in [0.15, 0.2) is 6.61 Å². The van der Waals surface area contributed by atoms with Crippen LogP contribution < -0.4 is 5.73 Å². The van der Waals surface area contributed by atoms with Crippen LogP contribution in [-0.2, 0) is 9.53 Å². The van der Waals surface area contributed by atoms with Gasteiger partial charge in [0.05, 0.1) is 5.69 Å². The van der Waals surface area contributed by atoms with Gasteiger partial charge in [-0.25, -0.2) is 4.79 Å². The number of alkyl halides is 3. The molecule has 0 aliphatic heterocycles. The third-order valence-electron chi connectivity index (χ3n) is 3.89. The van der Waals surface area contributed by atoms with Crippen molar-refractivity contribution in [2.45, 2.75) is 38.9 Å². The van der Waals surface area contributed by atoms with E-state index in [4.69, 9.17) is 10.5 Å². The molecule has 0 unspecified atom stereocenters. The first-order valence-electron chi connectivity index (χ1n) is 7.35. The minimum Gasteiger partial charge on any atom is -0.452 e. The monoisotopic (exact) mass is 349 g/mol. The second-order valence-electron chi connectivity index (χ2n) is 5.80. The molecule has 2 rings (SSSR count). The van der Waals surface area contributed by atoms with Crippen molar-refractivity contribution in [3.63, 3.8) is 0 Å². The van der Waals surface area contributed by atoms with Crippen molar-refractivity contribution < 1.29 is 32.0 Å². The smallest absolute Gasteiger partial charge is 0.406 e. The van der Waals surface area contributed by atoms with E-state index in [9.17, 15) is 22.8 Å². The maximum Gasteiger partial charge on any atom is 0.406 e. The summed E-state index contributed by atoms with van der Waals surface area (Å²) in [4.78, 5) is 24.7. The molecule has 2 N–H and O–H groups in total. The molecule has 24 heavy (non-hydrogen) atoms. The average Bonchev–Trinajstić information content (AvgIpc) is 3.26. The molecule has 1 heterocycles. The fourth-order valence-electron chi connectivity index (χ4n) is 2.40. The van der Waals surface area contributed by atoms with Gasteiger partial charge in [-0.05, 0) is 32.6 Å². The molecule has 0 aromatic carbocycles. The van der Waals surface area contributed by atoms with Crippen LogP contribution in [0.2, 0.25) is 0 Å². The van der Waals surface area contributed by atoms with Crippen molar-refractivity contribution in [2.24, 2.45) is 5.92 Å². The Morgan fingerprint density at radius 2 is 2.08 bits per heavy atom. The number of ether oxygens (including phenoxy) is 1. The molecule has 1 aromatic rings. The minimum absolute atomic E-state index is 0.0444. The molecular weight excluding hydrogens is 331 g/mol. The maximum absolute atomic E-state index is 12.7. The lowest BCUT2D eigenvalue weighted by Gasteiger charge is -2.30. The number of anilines is 1. The number of halogens is 3. The van der Waals surface area contributed by atoms with Gasteiger partial charge in [0.25, 0.3) is 5.91 Å². The van der Waals surface area contributed by atoms with E-state index in [1.54, 1.807) is 6.92 Å². The molecule has 1 fully saturated rings. The molecule has 1 atom stereocenters. The lowest BCUT2D eigenvalue weighted by atomic mass is 10.2. The zero-order valence-corrected chi connectivity index (χ0v) is 13.2. The first kappa shape index (κ1) is 18.1. The van der Waals surface area contributed by atoms with E-state index in [-0.39, 0.29) is 23.1 Å². The van der Waals surface area contributed by atoms with Gasteiger partial charge in [-0.3, -0.25) is 4.79 Å². The summed E-state index contributed by atoms with van der Waals surface area (Å²) >= 11 is 0. The van der Waals surface area contributed by atoms with E-state index in [0.717, 1.165) is 12.8 Å². The number of nitrogen functional groups attached to an aromatic ring is 1. The van der Waals surface area contributed by atoms with Crippen molar-refractivity contribution in [3.05, 3.63) is 11.3 Å². The van der Waals surface area contributed by atoms with Crippen LogP contribution in [0.15, 0.2) is 4.52 Å². The van der Waals surface area contributed by atoms with Gasteiger partial charge >= 0.3 is 12.1 Å². The zero-order chi connectivity index (χ0) is 18.1. The summed E-state index contributed by atoms with van der Waals surface area (Å²) in [5.41, 5.74) is 5.45. The third-order valence-corrected chi connectivity index (χ3v) is 3.89. The summed E-state index contributed by atoms with van der Waals surface area (Å²) in [6.45, 7) is 0.820. The molecule has 1 amide bonds. The third kappa shape index (κ3) is 4.39. The maximum atomic E-state index is 12.7. The predicted octanol–water partition coefficient (Wildman–Crippen LogP) is 1.91. The molecule has 1 aromatic heterocycles. The fourth-order valence-corrected chi connectivity index (χ4v) is 2.40. The molecule has 0 bridgehead atoms. The average molecular weight is 349 g/mol. The van der Waals surface area contributed by atoms with E-state index >= 15 is 0 Å². The minimum atomic E-state index is -4.53. The van der Waals surface area contributed by atoms with Gasteiger partial charge in [-0.2, -0.15) is 13.2 Å². The number of carbonyl (C=O) groups is 2. The fraction of sp³-hybridized carbons (Fsp3) is 0.643. The van der Waals surface area contributed by atoms with Crippen LogP contribution in [0, 0.1) is 12.8 Å². The number of nitrogens with two attached hydrogens (primary N) is 1. The Balaban J connectivity index is 2.00. The number of rotatable bonds is 6. The molecule has 1 aliphatic rings. The number of hydrogen-bond donors (Lipinski definition) is 1. The van der Waals surface area contributed by atoms with Crippen molar-refractivity contribution in [1.29, 1.82) is 0 Å². The van der Waals surface area contributed by atoms with Crippen molar-refractivity contribution >= 4 is 17.8 Å². The molecule has 1 aliphatic carbocycles. The Labute approximate surface area is 135 Å². The number of carbonyl (C=O) groups excluding carboxylic acids is 2. The summed E-state index contributed by atoms with van der Waals surface area (Å²) in [5, 5.41) is 3.46. The van der Waals surface area contributed by atoms with E-state index in [2.05, 4.69) is 9.68 Å². The van der Waals surface area contributed by atoms with Gasteiger partial charge in [0, 0.05) is 6.04 Å². The summed E-state index contributed by atoms with van der Waals surface area (Å²) in [6, 6.07) is -0.569. The summed E-state index contributed by atoms with van der Waals surface area (Å²) < 4.78 is 47.5. The number of nitrogens with zero attached hydrogens (tertiary/aromatic N) is 2. The van der Waals surface area contributed by atoms with Crippen LogP contribution in [0.1, 0.15) is 35.8 Å². The lowest BCUT2D eigenvalue weighted by Crippen LogP contribution is -2.47. The molecule has 10 heteroatoms. The first-order valence-corrected chi connectivity index (χ1v) is 7.35. The predicted molar refractivity (Wildman–Crippen MR) is 75.9 cm³/mol. The highest BCUT2D eigenvalue weighted by atomic mass is 19.4. The number of aromatic nitrogens is 1. The van der Waals surface area contributed by atoms with Gasteiger partial charge in [-0.15, -0.1) is 0 Å². The van der Waals surface area contributed by atoms with E-state index in [0.29, 0.717) is 4.90 Å². The largest absolute Gasteiger partial charge is 0.452 e. The Bertz CT molecular complexity index is 606. The zero-order valence-electron chi connectivity index (χ0n) is 13.2. The summed E-state index contributed by atoms with van der Waals surface area (Å²) in [6.07, 6.45) is -2.98. The number of esters is 1. The van der Waals surface area contributed by atoms with Crippen LogP contribution in [0.4, 0.5) is 19.1 Å². The second kappa shape index (κ2) is 6.70. The summed E-state index contributed by atoms with van der Waals surface area (Å²) in [5.74, 6) is -2.11. The topological polar surface area (TPSA) is 98.7 Å². The highest BCUT2D eigenvalue weighted by molar-refractivity contribution is 5.96. The van der Waals surface area contributed by atoms with Crippen LogP contribution in [0.5, 0.6) is 0 Å². The summed E-state index contributed by atoms with van der Waals surface area (Å²) in [7, 11) is 0. The first-order chi connectivity index (χ1) is 11.1. The SMILES string of the molecule is Cc1noc(N)c1C(=O)OCC(=O)N(CC(F)(F)F)[C@@H](C)C1CC1. The van der Waals surface area contributed by atoms with Crippen LogP contribution in [-0.4, -0.2) is 47.3 Å². The van der Waals surface area contributed by atoms with Crippen LogP contribution >= 0.6 is 0 Å². The molecule has 0 radical (unpaired) electrons. The van der Waals surface area contributed by atoms with Crippen molar-refractivity contribution in [1.82, 2.24) is 10.1 Å². The van der Waals surface area contributed by atoms with Gasteiger partial charge in [0.1, 0.15) is 12.1 Å². The van der Waals surface area contributed by atoms with Gasteiger partial charge < -0.3 is 19.9 Å². The Morgan fingerprint density at radius 1 is 1.46 bits per heavy atom. The number of hydrogen-bond acceptors (Lipinski definition) is 6. The van der Waals surface area contributed by atoms with Crippen molar-refractivity contribution in [3.8, 4) is 0 Å². The normalized spacial score (nSPS) is 15.9. The highest BCUT2D eigenvalue weighted by Gasteiger charge is 2.40. The number of amides is 1. The highest BCUT2D eigenvalue weighted by Crippen LogP contribution is 2.36. The van der Waals surface area contributed by atoms with E-state index in [1.165, 1.54) is 6.92 Å². The van der Waals surface area contributed by atoms with Crippen LogP contribution in [0.3, 0.4) is 0 Å². The van der Waals surface area contributed by atoms with Crippen LogP contribution in [0.25, 0.3) is 0 Å². The molecule has 134 valence electrons. The molecular formula is C14H18F3N3O4. The molecule has 0 saturated heterocycles. The Morgan fingerprint density at radius 3 is 2.54 bits per heavy atom. The Kier molecular flexibility index (Phi) is 5.05. The standard InChI is InChI=1S/C14H18F3N3O4/c1-7-11(12(18)24-19-7)13(22)23-5-10(21)20(6-14(15,16)17)8(2)9-3-4-9/h8-9H,3-6,18H2,1-2H3/t8-/m0/s1.